The summed E-state index contributed by atoms with van der Waals surface area (Å²) in [6.07, 6.45) is 0.697. The van der Waals surface area contributed by atoms with Crippen LogP contribution in [0.1, 0.15) is 37.9 Å². The van der Waals surface area contributed by atoms with Gasteiger partial charge < -0.3 is 5.73 Å². The Morgan fingerprint density at radius 3 is 2.50 bits per heavy atom. The normalized spacial score (nSPS) is 13.3. The van der Waals surface area contributed by atoms with Gasteiger partial charge in [0.2, 0.25) is 0 Å². The van der Waals surface area contributed by atoms with E-state index >= 15 is 0 Å². The van der Waals surface area contributed by atoms with Crippen molar-refractivity contribution in [1.82, 2.24) is 0 Å². The number of hydrogen-bond donors (Lipinski definition) is 1. The SMILES string of the molecule is CCc1c(F)cccc1C(N)C(C)C. The minimum Gasteiger partial charge on any atom is -0.324 e. The molecule has 1 unspecified atom stereocenters. The van der Waals surface area contributed by atoms with Gasteiger partial charge in [0.05, 0.1) is 0 Å². The second-order valence-corrected chi connectivity index (χ2v) is 3.93. The van der Waals surface area contributed by atoms with E-state index in [0.29, 0.717) is 12.3 Å². The van der Waals surface area contributed by atoms with Crippen LogP contribution in [0.3, 0.4) is 0 Å². The van der Waals surface area contributed by atoms with Crippen molar-refractivity contribution in [3.05, 3.63) is 35.1 Å². The van der Waals surface area contributed by atoms with E-state index in [2.05, 4.69) is 13.8 Å². The second-order valence-electron chi connectivity index (χ2n) is 3.93. The molecule has 78 valence electrons. The summed E-state index contributed by atoms with van der Waals surface area (Å²) in [6, 6.07) is 5.08. The molecule has 1 rings (SSSR count). The van der Waals surface area contributed by atoms with E-state index in [9.17, 15) is 4.39 Å². The molecule has 0 bridgehead atoms. The molecule has 1 aromatic carbocycles. The van der Waals surface area contributed by atoms with Gasteiger partial charge in [0.15, 0.2) is 0 Å². The molecule has 0 aliphatic heterocycles. The standard InChI is InChI=1S/C12H18FN/c1-4-9-10(12(14)8(2)3)6-5-7-11(9)13/h5-8,12H,4,14H2,1-3H3. The highest BCUT2D eigenvalue weighted by Crippen LogP contribution is 2.24. The zero-order valence-corrected chi connectivity index (χ0v) is 9.05. The van der Waals surface area contributed by atoms with E-state index in [0.717, 1.165) is 11.1 Å². The maximum absolute atomic E-state index is 13.4. The molecule has 0 amide bonds. The lowest BCUT2D eigenvalue weighted by molar-refractivity contribution is 0.504. The maximum atomic E-state index is 13.4. The summed E-state index contributed by atoms with van der Waals surface area (Å²) in [4.78, 5) is 0. The molecule has 1 nitrogen and oxygen atoms in total. The fraction of sp³-hybridized carbons (Fsp3) is 0.500. The third kappa shape index (κ3) is 2.13. The molecular weight excluding hydrogens is 177 g/mol. The Labute approximate surface area is 85.1 Å². The van der Waals surface area contributed by atoms with E-state index in [4.69, 9.17) is 5.73 Å². The zero-order chi connectivity index (χ0) is 10.7. The van der Waals surface area contributed by atoms with E-state index in [-0.39, 0.29) is 11.9 Å². The monoisotopic (exact) mass is 195 g/mol. The zero-order valence-electron chi connectivity index (χ0n) is 9.05. The van der Waals surface area contributed by atoms with Crippen molar-refractivity contribution in [2.45, 2.75) is 33.2 Å². The Balaban J connectivity index is 3.13. The Kier molecular flexibility index (Phi) is 3.64. The van der Waals surface area contributed by atoms with Gasteiger partial charge in [-0.15, -0.1) is 0 Å². The maximum Gasteiger partial charge on any atom is 0.126 e. The predicted octanol–water partition coefficient (Wildman–Crippen LogP) is 3.04. The van der Waals surface area contributed by atoms with Crippen LogP contribution in [0.5, 0.6) is 0 Å². The predicted molar refractivity (Wildman–Crippen MR) is 57.5 cm³/mol. The van der Waals surface area contributed by atoms with Crippen molar-refractivity contribution in [2.75, 3.05) is 0 Å². The van der Waals surface area contributed by atoms with Crippen LogP contribution >= 0.6 is 0 Å². The van der Waals surface area contributed by atoms with Gasteiger partial charge in [-0.1, -0.05) is 32.9 Å². The molecule has 1 atom stereocenters. The average molecular weight is 195 g/mol. The number of hydrogen-bond acceptors (Lipinski definition) is 1. The first kappa shape index (κ1) is 11.2. The van der Waals surface area contributed by atoms with Crippen molar-refractivity contribution in [3.8, 4) is 0 Å². The molecule has 0 radical (unpaired) electrons. The summed E-state index contributed by atoms with van der Waals surface area (Å²) >= 11 is 0. The minimum absolute atomic E-state index is 0.0688. The first-order chi connectivity index (χ1) is 6.57. The second kappa shape index (κ2) is 4.56. The van der Waals surface area contributed by atoms with Crippen molar-refractivity contribution >= 4 is 0 Å². The smallest absolute Gasteiger partial charge is 0.126 e. The fourth-order valence-corrected chi connectivity index (χ4v) is 1.62. The molecule has 0 aliphatic rings. The van der Waals surface area contributed by atoms with Crippen molar-refractivity contribution < 1.29 is 4.39 Å². The van der Waals surface area contributed by atoms with Crippen LogP contribution in [0.15, 0.2) is 18.2 Å². The Hall–Kier alpha value is -0.890. The molecule has 14 heavy (non-hydrogen) atoms. The van der Waals surface area contributed by atoms with Gasteiger partial charge in [-0.25, -0.2) is 4.39 Å². The summed E-state index contributed by atoms with van der Waals surface area (Å²) in [6.45, 7) is 6.05. The van der Waals surface area contributed by atoms with Gasteiger partial charge in [-0.3, -0.25) is 0 Å². The Morgan fingerprint density at radius 1 is 1.36 bits per heavy atom. The van der Waals surface area contributed by atoms with E-state index in [1.54, 1.807) is 6.07 Å². The van der Waals surface area contributed by atoms with Crippen molar-refractivity contribution in [2.24, 2.45) is 11.7 Å². The first-order valence-electron chi connectivity index (χ1n) is 5.10. The van der Waals surface area contributed by atoms with Crippen LogP contribution in [-0.2, 0) is 6.42 Å². The number of halogens is 1. The molecule has 0 heterocycles. The van der Waals surface area contributed by atoms with Gasteiger partial charge in [0.25, 0.3) is 0 Å². The topological polar surface area (TPSA) is 26.0 Å². The molecular formula is C12H18FN. The lowest BCUT2D eigenvalue weighted by Gasteiger charge is -2.19. The number of rotatable bonds is 3. The molecule has 1 aromatic rings. The average Bonchev–Trinajstić information content (AvgIpc) is 2.16. The van der Waals surface area contributed by atoms with Gasteiger partial charge in [0, 0.05) is 6.04 Å². The summed E-state index contributed by atoms with van der Waals surface area (Å²) < 4.78 is 13.4. The number of benzene rings is 1. The van der Waals surface area contributed by atoms with Crippen molar-refractivity contribution in [1.29, 1.82) is 0 Å². The summed E-state index contributed by atoms with van der Waals surface area (Å²) in [5, 5.41) is 0. The van der Waals surface area contributed by atoms with Gasteiger partial charge in [0.1, 0.15) is 5.82 Å². The molecule has 0 fully saturated rings. The highest BCUT2D eigenvalue weighted by atomic mass is 19.1. The first-order valence-corrected chi connectivity index (χ1v) is 5.10. The largest absolute Gasteiger partial charge is 0.324 e. The summed E-state index contributed by atoms with van der Waals surface area (Å²) in [5.74, 6) is 0.197. The summed E-state index contributed by atoms with van der Waals surface area (Å²) in [5.41, 5.74) is 7.72. The Bertz CT molecular complexity index is 307. The third-order valence-corrected chi connectivity index (χ3v) is 2.59. The fourth-order valence-electron chi connectivity index (χ4n) is 1.62. The van der Waals surface area contributed by atoms with Crippen LogP contribution in [0.2, 0.25) is 0 Å². The van der Waals surface area contributed by atoms with Gasteiger partial charge >= 0.3 is 0 Å². The molecule has 2 heteroatoms. The quantitative estimate of drug-likeness (QED) is 0.788. The van der Waals surface area contributed by atoms with Crippen molar-refractivity contribution in [3.63, 3.8) is 0 Å². The van der Waals surface area contributed by atoms with E-state index < -0.39 is 0 Å². The molecule has 0 saturated carbocycles. The Morgan fingerprint density at radius 2 is 2.00 bits per heavy atom. The van der Waals surface area contributed by atoms with Crippen LogP contribution < -0.4 is 5.73 Å². The van der Waals surface area contributed by atoms with Gasteiger partial charge in [-0.2, -0.15) is 0 Å². The third-order valence-electron chi connectivity index (χ3n) is 2.59. The van der Waals surface area contributed by atoms with E-state index in [1.807, 2.05) is 13.0 Å². The molecule has 0 spiro atoms. The highest BCUT2D eigenvalue weighted by Gasteiger charge is 2.15. The lowest BCUT2D eigenvalue weighted by Crippen LogP contribution is -2.18. The lowest BCUT2D eigenvalue weighted by atomic mass is 9.92. The van der Waals surface area contributed by atoms with E-state index in [1.165, 1.54) is 6.07 Å². The van der Waals surface area contributed by atoms with Crippen LogP contribution in [-0.4, -0.2) is 0 Å². The van der Waals surface area contributed by atoms with Crippen LogP contribution in [0.25, 0.3) is 0 Å². The molecule has 0 aliphatic carbocycles. The van der Waals surface area contributed by atoms with Gasteiger partial charge in [-0.05, 0) is 29.5 Å². The molecule has 0 saturated heterocycles. The van der Waals surface area contributed by atoms with Crippen LogP contribution in [0, 0.1) is 11.7 Å². The minimum atomic E-state index is -0.138. The highest BCUT2D eigenvalue weighted by molar-refractivity contribution is 5.31. The summed E-state index contributed by atoms with van der Waals surface area (Å²) in [7, 11) is 0. The molecule has 2 N–H and O–H groups in total. The number of nitrogens with two attached hydrogens (primary N) is 1. The molecule has 0 aromatic heterocycles. The van der Waals surface area contributed by atoms with Crippen LogP contribution in [0.4, 0.5) is 4.39 Å².